The summed E-state index contributed by atoms with van der Waals surface area (Å²) in [5.74, 6) is 0.691. The largest absolute Gasteiger partial charge is 0.497 e. The van der Waals surface area contributed by atoms with Crippen molar-refractivity contribution >= 4 is 23.0 Å². The molecule has 4 heterocycles. The molecule has 43 heavy (non-hydrogen) atoms. The zero-order chi connectivity index (χ0) is 30.0. The van der Waals surface area contributed by atoms with Crippen LogP contribution >= 0.6 is 0 Å². The van der Waals surface area contributed by atoms with E-state index in [9.17, 15) is 14.7 Å². The van der Waals surface area contributed by atoms with Crippen LogP contribution in [0.3, 0.4) is 0 Å². The van der Waals surface area contributed by atoms with Crippen LogP contribution in [0.1, 0.15) is 37.4 Å². The van der Waals surface area contributed by atoms with Crippen molar-refractivity contribution in [3.05, 3.63) is 84.0 Å². The second-order valence-corrected chi connectivity index (χ2v) is 11.1. The highest BCUT2D eigenvalue weighted by molar-refractivity contribution is 5.84. The number of benzene rings is 1. The van der Waals surface area contributed by atoms with Gasteiger partial charge in [-0.05, 0) is 48.2 Å². The second-order valence-electron chi connectivity index (χ2n) is 11.1. The van der Waals surface area contributed by atoms with Gasteiger partial charge in [-0.3, -0.25) is 14.7 Å². The molecule has 1 N–H and O–H groups in total. The average molecular weight is 590 g/mol. The summed E-state index contributed by atoms with van der Waals surface area (Å²) in [4.78, 5) is 33.7. The van der Waals surface area contributed by atoms with E-state index in [4.69, 9.17) is 23.7 Å². The predicted molar refractivity (Wildman–Crippen MR) is 155 cm³/mol. The number of methoxy groups -OCH3 is 2. The summed E-state index contributed by atoms with van der Waals surface area (Å²) < 4.78 is 28.1. The molecule has 1 spiro atoms. The number of aliphatic hydroxyl groups excluding tert-OH is 1. The number of hydrogen-bond donors (Lipinski definition) is 1. The third kappa shape index (κ3) is 5.82. The molecule has 4 aliphatic rings. The fourth-order valence-electron chi connectivity index (χ4n) is 6.22. The van der Waals surface area contributed by atoms with Gasteiger partial charge in [-0.1, -0.05) is 18.2 Å². The molecule has 226 valence electrons. The first-order valence-corrected chi connectivity index (χ1v) is 14.4. The maximum absolute atomic E-state index is 13.2. The Kier molecular flexibility index (Phi) is 8.09. The number of carbonyl (C=O) groups excluding carboxylic acids is 2. The van der Waals surface area contributed by atoms with Crippen LogP contribution in [0.25, 0.3) is 10.9 Å². The maximum Gasteiger partial charge on any atom is 0.417 e. The van der Waals surface area contributed by atoms with Crippen molar-refractivity contribution < 1.29 is 38.4 Å². The highest BCUT2D eigenvalue weighted by Gasteiger charge is 2.55. The Bertz CT molecular complexity index is 1530. The fourth-order valence-corrected chi connectivity index (χ4v) is 6.22. The van der Waals surface area contributed by atoms with Crippen LogP contribution in [0, 0.1) is 5.92 Å². The van der Waals surface area contributed by atoms with Gasteiger partial charge in [0, 0.05) is 43.6 Å². The number of rotatable bonds is 8. The van der Waals surface area contributed by atoms with E-state index in [1.54, 1.807) is 13.3 Å². The smallest absolute Gasteiger partial charge is 0.417 e. The van der Waals surface area contributed by atoms with Gasteiger partial charge in [0.25, 0.3) is 0 Å². The Morgan fingerprint density at radius 2 is 2.14 bits per heavy atom. The first-order chi connectivity index (χ1) is 20.9. The first kappa shape index (κ1) is 28.8. The maximum atomic E-state index is 13.2. The highest BCUT2D eigenvalue weighted by atomic mass is 16.6. The van der Waals surface area contributed by atoms with E-state index in [1.807, 2.05) is 36.4 Å². The molecule has 3 atom stereocenters. The molecule has 1 aromatic carbocycles. The topological polar surface area (TPSA) is 120 Å². The lowest BCUT2D eigenvalue weighted by molar-refractivity contribution is -0.146. The van der Waals surface area contributed by atoms with Crippen molar-refractivity contribution in [1.29, 1.82) is 0 Å². The van der Waals surface area contributed by atoms with Crippen LogP contribution in [-0.4, -0.2) is 78.0 Å². The van der Waals surface area contributed by atoms with E-state index in [0.717, 1.165) is 34.9 Å². The van der Waals surface area contributed by atoms with Crippen molar-refractivity contribution in [2.75, 3.05) is 40.4 Å². The number of nitrogens with zero attached hydrogens (tertiary/aromatic N) is 3. The molecule has 6 rings (SSSR count). The molecule has 1 aromatic heterocycles. The number of aromatic nitrogens is 1. The van der Waals surface area contributed by atoms with Crippen molar-refractivity contribution in [2.24, 2.45) is 5.92 Å². The third-order valence-electron chi connectivity index (χ3n) is 8.58. The summed E-state index contributed by atoms with van der Waals surface area (Å²) in [6, 6.07) is 7.37. The van der Waals surface area contributed by atoms with Crippen molar-refractivity contribution in [1.82, 2.24) is 14.8 Å². The lowest BCUT2D eigenvalue weighted by atomic mass is 9.78. The van der Waals surface area contributed by atoms with Crippen LogP contribution < -0.4 is 4.74 Å². The number of ether oxygens (including phenoxy) is 5. The Labute approximate surface area is 249 Å². The number of aliphatic hydroxyl groups is 1. The van der Waals surface area contributed by atoms with Crippen LogP contribution in [0.15, 0.2) is 78.4 Å². The van der Waals surface area contributed by atoms with Crippen LogP contribution in [0.4, 0.5) is 4.79 Å². The Balaban J connectivity index is 1.18. The second kappa shape index (κ2) is 12.1. The number of piperidine rings is 1. The zero-order valence-corrected chi connectivity index (χ0v) is 24.2. The van der Waals surface area contributed by atoms with Gasteiger partial charge in [-0.25, -0.2) is 9.69 Å². The molecule has 2 aromatic rings. The summed E-state index contributed by atoms with van der Waals surface area (Å²) in [5, 5.41) is 12.2. The molecule has 11 nitrogen and oxygen atoms in total. The normalized spacial score (nSPS) is 24.4. The van der Waals surface area contributed by atoms with Crippen molar-refractivity contribution in [3.8, 4) is 5.75 Å². The molecular formula is C32H35N3O8. The SMILES string of the molecule is COC(=O)C[C@H]1CN(C[C@@H](O)c2ccnc3ccc(OC)cc23)CC[C@@]12CN(C1=COC=C(C3=CC=CCC3)O1)C(=O)O2. The van der Waals surface area contributed by atoms with Gasteiger partial charge >= 0.3 is 12.1 Å². The monoisotopic (exact) mass is 589 g/mol. The number of hydrogen-bond acceptors (Lipinski definition) is 10. The fraction of sp³-hybridized carbons (Fsp3) is 0.406. The lowest BCUT2D eigenvalue weighted by Gasteiger charge is -2.44. The predicted octanol–water partition coefficient (Wildman–Crippen LogP) is 4.32. The first-order valence-electron chi connectivity index (χ1n) is 14.4. The molecule has 2 saturated heterocycles. The van der Waals surface area contributed by atoms with Gasteiger partial charge in [-0.15, -0.1) is 0 Å². The highest BCUT2D eigenvalue weighted by Crippen LogP contribution is 2.42. The molecule has 1 aliphatic carbocycles. The van der Waals surface area contributed by atoms with E-state index in [1.165, 1.54) is 24.5 Å². The Hall–Kier alpha value is -4.35. The van der Waals surface area contributed by atoms with E-state index in [2.05, 4.69) is 16.0 Å². The lowest BCUT2D eigenvalue weighted by Crippen LogP contribution is -2.55. The number of fused-ring (bicyclic) bond motifs is 1. The Morgan fingerprint density at radius 1 is 1.26 bits per heavy atom. The minimum atomic E-state index is -0.943. The number of β-amino-alcohol motifs (C(OH)–C–C–N with tert-alkyl or cyclic N) is 1. The minimum Gasteiger partial charge on any atom is -0.497 e. The summed E-state index contributed by atoms with van der Waals surface area (Å²) in [5.41, 5.74) is 1.53. The quantitative estimate of drug-likeness (QED) is 0.446. The number of amides is 1. The summed E-state index contributed by atoms with van der Waals surface area (Å²) >= 11 is 0. The number of pyridine rings is 1. The van der Waals surface area contributed by atoms with E-state index in [0.29, 0.717) is 37.6 Å². The van der Waals surface area contributed by atoms with E-state index < -0.39 is 23.8 Å². The zero-order valence-electron chi connectivity index (χ0n) is 24.2. The van der Waals surface area contributed by atoms with Crippen LogP contribution in [0.2, 0.25) is 0 Å². The summed E-state index contributed by atoms with van der Waals surface area (Å²) in [6.45, 7) is 1.48. The summed E-state index contributed by atoms with van der Waals surface area (Å²) in [6.07, 6.45) is 11.4. The van der Waals surface area contributed by atoms with Crippen molar-refractivity contribution in [2.45, 2.75) is 37.4 Å². The van der Waals surface area contributed by atoms with E-state index >= 15 is 0 Å². The molecule has 0 bridgehead atoms. The molecule has 3 aliphatic heterocycles. The van der Waals surface area contributed by atoms with Gasteiger partial charge in [0.05, 0.1) is 38.8 Å². The molecule has 0 radical (unpaired) electrons. The Morgan fingerprint density at radius 3 is 2.93 bits per heavy atom. The van der Waals surface area contributed by atoms with Gasteiger partial charge in [0.2, 0.25) is 5.88 Å². The van der Waals surface area contributed by atoms with Crippen molar-refractivity contribution in [3.63, 3.8) is 0 Å². The number of likely N-dealkylation sites (tertiary alicyclic amines) is 1. The van der Waals surface area contributed by atoms with Gasteiger partial charge in [-0.2, -0.15) is 0 Å². The number of carbonyl (C=O) groups is 2. The number of allylic oxidation sites excluding steroid dienone is 4. The molecule has 1 amide bonds. The average Bonchev–Trinajstić information content (AvgIpc) is 3.38. The molecule has 2 fully saturated rings. The molecular weight excluding hydrogens is 554 g/mol. The number of esters is 1. The molecule has 0 unspecified atom stereocenters. The van der Waals surface area contributed by atoms with Crippen LogP contribution in [-0.2, 0) is 23.7 Å². The van der Waals surface area contributed by atoms with E-state index in [-0.39, 0.29) is 24.8 Å². The third-order valence-corrected chi connectivity index (χ3v) is 8.58. The molecule has 0 saturated carbocycles. The van der Waals surface area contributed by atoms with Gasteiger partial charge < -0.3 is 28.8 Å². The molecule has 11 heteroatoms. The minimum absolute atomic E-state index is 0.0559. The standard InChI is InChI=1S/C32H35N3O8/c1-39-23-8-9-26-25(15-23)24(10-12-33-26)27(36)17-34-13-11-32(22(16-34)14-30(37)40-2)20-35(31(38)43-32)29-19-41-18-28(42-29)21-6-4-3-5-7-21/h3-4,6,8-10,12,15,18-19,22,27,36H,5,7,11,13-14,16-17,20H2,1-2H3/t22-,27+,32+/m0/s1. The van der Waals surface area contributed by atoms with Gasteiger partial charge in [0.15, 0.2) is 12.0 Å². The summed E-state index contributed by atoms with van der Waals surface area (Å²) in [7, 11) is 2.94. The van der Waals surface area contributed by atoms with Gasteiger partial charge in [0.1, 0.15) is 17.6 Å². The van der Waals surface area contributed by atoms with Crippen LogP contribution in [0.5, 0.6) is 5.75 Å².